The van der Waals surface area contributed by atoms with Crippen molar-refractivity contribution in [1.29, 1.82) is 0 Å². The Morgan fingerprint density at radius 3 is 2.44 bits per heavy atom. The second-order valence-electron chi connectivity index (χ2n) is 2.66. The molecular formula is C8H6ClNaO5S. The van der Waals surface area contributed by atoms with Gasteiger partial charge in [-0.15, -0.1) is 11.6 Å². The minimum atomic E-state index is -4.90. The summed E-state index contributed by atoms with van der Waals surface area (Å²) in [5.41, 5.74) is -0.389. The first kappa shape index (κ1) is 15.9. The van der Waals surface area contributed by atoms with Crippen molar-refractivity contribution < 1.29 is 52.4 Å². The average Bonchev–Trinajstić information content (AvgIpc) is 2.14. The molecule has 0 saturated heterocycles. The molecule has 0 spiro atoms. The Bertz CT molecular complexity index is 499. The molecule has 0 atom stereocenters. The van der Waals surface area contributed by atoms with E-state index in [1.54, 1.807) is 0 Å². The van der Waals surface area contributed by atoms with E-state index >= 15 is 0 Å². The zero-order valence-electron chi connectivity index (χ0n) is 8.31. The van der Waals surface area contributed by atoms with Gasteiger partial charge in [0.2, 0.25) is 0 Å². The summed E-state index contributed by atoms with van der Waals surface area (Å²) in [5, 5.41) is 9.20. The van der Waals surface area contributed by atoms with Gasteiger partial charge in [0.05, 0.1) is 5.88 Å². The van der Waals surface area contributed by atoms with Crippen LogP contribution in [-0.4, -0.2) is 29.7 Å². The van der Waals surface area contributed by atoms with E-state index in [0.717, 1.165) is 12.1 Å². The van der Waals surface area contributed by atoms with Gasteiger partial charge in [-0.1, -0.05) is 6.07 Å². The number of carbonyl (C=O) groups excluding carboxylic acids is 1. The molecule has 1 rings (SSSR count). The van der Waals surface area contributed by atoms with E-state index in [2.05, 4.69) is 0 Å². The van der Waals surface area contributed by atoms with Crippen LogP contribution in [0.1, 0.15) is 10.4 Å². The third-order valence-corrected chi connectivity index (χ3v) is 2.84. The Morgan fingerprint density at radius 1 is 1.44 bits per heavy atom. The van der Waals surface area contributed by atoms with E-state index in [4.69, 9.17) is 11.6 Å². The second-order valence-corrected chi connectivity index (χ2v) is 4.25. The summed E-state index contributed by atoms with van der Waals surface area (Å²) in [4.78, 5) is 10.3. The standard InChI is InChI=1S/C8H7ClO5S.Na/c9-4-7(11)5-2-1-3-6(10)8(5)15(12,13)14;/h1-3,10H,4H2,(H,12,13,14);/q;+1/p-1. The van der Waals surface area contributed by atoms with Crippen LogP contribution in [-0.2, 0) is 10.1 Å². The first-order valence-electron chi connectivity index (χ1n) is 3.75. The van der Waals surface area contributed by atoms with Crippen molar-refractivity contribution in [2.45, 2.75) is 4.90 Å². The summed E-state index contributed by atoms with van der Waals surface area (Å²) in [5.74, 6) is -1.95. The number of hydrogen-bond acceptors (Lipinski definition) is 5. The molecule has 0 fully saturated rings. The van der Waals surface area contributed by atoms with Crippen molar-refractivity contribution in [1.82, 2.24) is 0 Å². The molecule has 0 aliphatic carbocycles. The van der Waals surface area contributed by atoms with Gasteiger partial charge in [0.25, 0.3) is 0 Å². The Morgan fingerprint density at radius 2 is 2.00 bits per heavy atom. The average molecular weight is 273 g/mol. The second kappa shape index (κ2) is 6.00. The van der Waals surface area contributed by atoms with Gasteiger partial charge in [-0.3, -0.25) is 4.79 Å². The number of aromatic hydroxyl groups is 1. The van der Waals surface area contributed by atoms with Gasteiger partial charge >= 0.3 is 29.6 Å². The van der Waals surface area contributed by atoms with Crippen molar-refractivity contribution in [2.75, 3.05) is 5.88 Å². The molecular weight excluding hydrogens is 267 g/mol. The monoisotopic (exact) mass is 272 g/mol. The van der Waals surface area contributed by atoms with E-state index in [1.807, 2.05) is 0 Å². The molecule has 0 aliphatic heterocycles. The summed E-state index contributed by atoms with van der Waals surface area (Å²) >= 11 is 5.23. The first-order chi connectivity index (χ1) is 6.88. The van der Waals surface area contributed by atoms with Crippen LogP contribution in [0.2, 0.25) is 0 Å². The minimum Gasteiger partial charge on any atom is -0.744 e. The zero-order chi connectivity index (χ0) is 11.6. The first-order valence-corrected chi connectivity index (χ1v) is 5.69. The predicted molar refractivity (Wildman–Crippen MR) is 51.1 cm³/mol. The maximum absolute atomic E-state index is 11.2. The fourth-order valence-electron chi connectivity index (χ4n) is 1.08. The maximum atomic E-state index is 11.2. The normalized spacial score (nSPS) is 10.6. The third-order valence-electron chi connectivity index (χ3n) is 1.67. The van der Waals surface area contributed by atoms with Crippen LogP contribution in [0.4, 0.5) is 0 Å². The number of benzene rings is 1. The number of Topliss-reactive ketones (excluding diaryl/α,β-unsaturated/α-hetero) is 1. The van der Waals surface area contributed by atoms with Gasteiger partial charge in [0.1, 0.15) is 20.8 Å². The van der Waals surface area contributed by atoms with E-state index < -0.39 is 32.4 Å². The summed E-state index contributed by atoms with van der Waals surface area (Å²) in [7, 11) is -4.90. The molecule has 0 aliphatic rings. The summed E-state index contributed by atoms with van der Waals surface area (Å²) in [6.07, 6.45) is 0. The van der Waals surface area contributed by atoms with Crippen LogP contribution >= 0.6 is 11.6 Å². The minimum absolute atomic E-state index is 0. The number of alkyl halides is 1. The Balaban J connectivity index is 0.00000225. The summed E-state index contributed by atoms with van der Waals surface area (Å²) in [6, 6.07) is 3.38. The molecule has 82 valence electrons. The number of rotatable bonds is 3. The van der Waals surface area contributed by atoms with Crippen LogP contribution in [0.3, 0.4) is 0 Å². The number of carbonyl (C=O) groups is 1. The number of hydrogen-bond donors (Lipinski definition) is 1. The molecule has 0 saturated carbocycles. The van der Waals surface area contributed by atoms with Gasteiger partial charge in [-0.2, -0.15) is 0 Å². The SMILES string of the molecule is O=C(CCl)c1cccc(O)c1S(=O)(=O)[O-].[Na+]. The fourth-order valence-corrected chi connectivity index (χ4v) is 2.00. The summed E-state index contributed by atoms with van der Waals surface area (Å²) in [6.45, 7) is 0. The number of phenolic OH excluding ortho intramolecular Hbond substituents is 1. The molecule has 0 heterocycles. The Labute approximate surface area is 119 Å². The Hall–Kier alpha value is -0.110. The van der Waals surface area contributed by atoms with Gasteiger partial charge in [0.15, 0.2) is 5.78 Å². The fraction of sp³-hybridized carbons (Fsp3) is 0.125. The molecule has 0 amide bonds. The molecule has 16 heavy (non-hydrogen) atoms. The molecule has 0 radical (unpaired) electrons. The van der Waals surface area contributed by atoms with Crippen molar-refractivity contribution in [3.05, 3.63) is 23.8 Å². The molecule has 0 bridgehead atoms. The van der Waals surface area contributed by atoms with Crippen molar-refractivity contribution in [3.63, 3.8) is 0 Å². The van der Waals surface area contributed by atoms with E-state index in [-0.39, 0.29) is 35.1 Å². The van der Waals surface area contributed by atoms with E-state index in [1.165, 1.54) is 6.07 Å². The van der Waals surface area contributed by atoms with E-state index in [0.29, 0.717) is 0 Å². The number of halogens is 1. The third kappa shape index (κ3) is 3.44. The molecule has 0 aromatic heterocycles. The van der Waals surface area contributed by atoms with Crippen molar-refractivity contribution in [3.8, 4) is 5.75 Å². The molecule has 8 heteroatoms. The molecule has 0 unspecified atom stereocenters. The van der Waals surface area contributed by atoms with E-state index in [9.17, 15) is 22.9 Å². The topological polar surface area (TPSA) is 94.5 Å². The maximum Gasteiger partial charge on any atom is 1.00 e. The van der Waals surface area contributed by atoms with Gasteiger partial charge in [0, 0.05) is 5.56 Å². The van der Waals surface area contributed by atoms with Crippen LogP contribution in [0, 0.1) is 0 Å². The predicted octanol–water partition coefficient (Wildman–Crippen LogP) is -2.28. The van der Waals surface area contributed by atoms with Gasteiger partial charge in [-0.25, -0.2) is 8.42 Å². The summed E-state index contributed by atoms with van der Waals surface area (Å²) < 4.78 is 32.4. The van der Waals surface area contributed by atoms with Gasteiger partial charge in [-0.05, 0) is 12.1 Å². The number of phenols is 1. The zero-order valence-corrected chi connectivity index (χ0v) is 11.9. The van der Waals surface area contributed by atoms with Crippen molar-refractivity contribution >= 4 is 27.5 Å². The van der Waals surface area contributed by atoms with Crippen LogP contribution in [0.5, 0.6) is 5.75 Å². The smallest absolute Gasteiger partial charge is 0.744 e. The van der Waals surface area contributed by atoms with Crippen LogP contribution in [0.15, 0.2) is 23.1 Å². The number of ketones is 1. The molecule has 1 aromatic rings. The quantitative estimate of drug-likeness (QED) is 0.290. The molecule has 1 N–H and O–H groups in total. The molecule has 1 aromatic carbocycles. The molecule has 5 nitrogen and oxygen atoms in total. The van der Waals surface area contributed by atoms with Gasteiger partial charge < -0.3 is 9.66 Å². The van der Waals surface area contributed by atoms with Crippen LogP contribution < -0.4 is 29.6 Å². The van der Waals surface area contributed by atoms with Crippen LogP contribution in [0.25, 0.3) is 0 Å². The largest absolute Gasteiger partial charge is 1.00 e. The Kier molecular flexibility index (Phi) is 5.95. The van der Waals surface area contributed by atoms with Crippen molar-refractivity contribution in [2.24, 2.45) is 0 Å².